The van der Waals surface area contributed by atoms with Crippen LogP contribution in [-0.2, 0) is 0 Å². The SMILES string of the molecule is CCCN/C=C(\C=N)c1cnc2ccc(Nc3cc(C(C)C)cnn3)nc2c1. The van der Waals surface area contributed by atoms with E-state index in [9.17, 15) is 0 Å². The van der Waals surface area contributed by atoms with Gasteiger partial charge in [0, 0.05) is 36.3 Å². The van der Waals surface area contributed by atoms with Crippen LogP contribution in [0.2, 0.25) is 0 Å². The topological polar surface area (TPSA) is 99.5 Å². The molecule has 0 atom stereocenters. The second-order valence-electron chi connectivity index (χ2n) is 6.81. The molecule has 7 heteroatoms. The Bertz CT molecular complexity index is 995. The zero-order chi connectivity index (χ0) is 19.9. The number of rotatable bonds is 8. The highest BCUT2D eigenvalue weighted by molar-refractivity contribution is 6.08. The van der Waals surface area contributed by atoms with Crippen LogP contribution in [0, 0.1) is 5.41 Å². The monoisotopic (exact) mass is 375 g/mol. The van der Waals surface area contributed by atoms with Crippen LogP contribution in [-0.4, -0.2) is 32.9 Å². The predicted molar refractivity (Wildman–Crippen MR) is 114 cm³/mol. The molecule has 0 radical (unpaired) electrons. The van der Waals surface area contributed by atoms with Crippen molar-refractivity contribution in [1.29, 1.82) is 5.41 Å². The number of aromatic nitrogens is 4. The van der Waals surface area contributed by atoms with Gasteiger partial charge >= 0.3 is 0 Å². The summed E-state index contributed by atoms with van der Waals surface area (Å²) in [6.45, 7) is 7.20. The summed E-state index contributed by atoms with van der Waals surface area (Å²) in [5.41, 5.74) is 4.26. The Morgan fingerprint density at radius 2 is 2.00 bits per heavy atom. The molecule has 0 aromatic carbocycles. The first kappa shape index (κ1) is 19.4. The highest BCUT2D eigenvalue weighted by atomic mass is 15.2. The average molecular weight is 375 g/mol. The van der Waals surface area contributed by atoms with Crippen LogP contribution in [0.5, 0.6) is 0 Å². The molecule has 0 aliphatic carbocycles. The number of anilines is 2. The second-order valence-corrected chi connectivity index (χ2v) is 6.81. The number of hydrogen-bond donors (Lipinski definition) is 3. The molecule has 0 aliphatic rings. The quantitative estimate of drug-likeness (QED) is 0.401. The maximum Gasteiger partial charge on any atom is 0.154 e. The molecule has 3 aromatic heterocycles. The molecule has 0 aliphatic heterocycles. The van der Waals surface area contributed by atoms with Crippen LogP contribution >= 0.6 is 0 Å². The molecule has 0 spiro atoms. The Hall–Kier alpha value is -3.35. The van der Waals surface area contributed by atoms with Crippen LogP contribution in [0.15, 0.2) is 42.9 Å². The maximum atomic E-state index is 7.68. The Kier molecular flexibility index (Phi) is 6.26. The first-order valence-corrected chi connectivity index (χ1v) is 9.41. The van der Waals surface area contributed by atoms with Gasteiger partial charge in [-0.25, -0.2) is 4.98 Å². The lowest BCUT2D eigenvalue weighted by molar-refractivity contribution is 0.811. The van der Waals surface area contributed by atoms with Gasteiger partial charge in [0.1, 0.15) is 5.82 Å². The van der Waals surface area contributed by atoms with Gasteiger partial charge in [0.2, 0.25) is 0 Å². The van der Waals surface area contributed by atoms with E-state index in [-0.39, 0.29) is 0 Å². The highest BCUT2D eigenvalue weighted by Gasteiger charge is 2.07. The Labute approximate surface area is 164 Å². The lowest BCUT2D eigenvalue weighted by Crippen LogP contribution is -2.07. The lowest BCUT2D eigenvalue weighted by Gasteiger charge is -2.09. The van der Waals surface area contributed by atoms with Gasteiger partial charge in [-0.3, -0.25) is 4.98 Å². The van der Waals surface area contributed by atoms with E-state index in [0.29, 0.717) is 17.6 Å². The second kappa shape index (κ2) is 9.03. The van der Waals surface area contributed by atoms with E-state index in [1.807, 2.05) is 30.5 Å². The summed E-state index contributed by atoms with van der Waals surface area (Å²) in [6, 6.07) is 7.70. The molecule has 3 aromatic rings. The van der Waals surface area contributed by atoms with Gasteiger partial charge in [-0.05, 0) is 42.2 Å². The number of hydrogen-bond acceptors (Lipinski definition) is 7. The smallest absolute Gasteiger partial charge is 0.154 e. The van der Waals surface area contributed by atoms with Crippen LogP contribution < -0.4 is 10.6 Å². The van der Waals surface area contributed by atoms with Crippen molar-refractivity contribution >= 4 is 34.5 Å². The Morgan fingerprint density at radius 3 is 2.75 bits per heavy atom. The van der Waals surface area contributed by atoms with Gasteiger partial charge in [-0.2, -0.15) is 5.10 Å². The number of pyridine rings is 2. The van der Waals surface area contributed by atoms with Crippen LogP contribution in [0.3, 0.4) is 0 Å². The van der Waals surface area contributed by atoms with Gasteiger partial charge in [-0.1, -0.05) is 20.8 Å². The van der Waals surface area contributed by atoms with Crippen LogP contribution in [0.4, 0.5) is 11.6 Å². The molecule has 0 saturated carbocycles. The van der Waals surface area contributed by atoms with Gasteiger partial charge in [-0.15, -0.1) is 5.10 Å². The van der Waals surface area contributed by atoms with Crippen molar-refractivity contribution in [3.63, 3.8) is 0 Å². The largest absolute Gasteiger partial charge is 0.390 e. The summed E-state index contributed by atoms with van der Waals surface area (Å²) in [6.07, 6.45) is 7.72. The molecular weight excluding hydrogens is 350 g/mol. The van der Waals surface area contributed by atoms with E-state index in [1.165, 1.54) is 6.21 Å². The van der Waals surface area contributed by atoms with Crippen LogP contribution in [0.25, 0.3) is 16.6 Å². The fourth-order valence-corrected chi connectivity index (χ4v) is 2.66. The van der Waals surface area contributed by atoms with Crippen molar-refractivity contribution in [1.82, 2.24) is 25.5 Å². The normalized spacial score (nSPS) is 11.6. The molecule has 0 unspecified atom stereocenters. The first-order valence-electron chi connectivity index (χ1n) is 9.41. The molecule has 3 heterocycles. The van der Waals surface area contributed by atoms with Crippen molar-refractivity contribution < 1.29 is 0 Å². The molecule has 3 N–H and O–H groups in total. The Balaban J connectivity index is 1.88. The van der Waals surface area contributed by atoms with E-state index >= 15 is 0 Å². The van der Waals surface area contributed by atoms with Crippen LogP contribution in [0.1, 0.15) is 44.2 Å². The minimum absolute atomic E-state index is 0.375. The summed E-state index contributed by atoms with van der Waals surface area (Å²) in [5, 5.41) is 22.3. The third-order valence-electron chi connectivity index (χ3n) is 4.28. The van der Waals surface area contributed by atoms with Gasteiger partial charge in [0.15, 0.2) is 5.82 Å². The highest BCUT2D eigenvalue weighted by Crippen LogP contribution is 2.21. The summed E-state index contributed by atoms with van der Waals surface area (Å²) in [4.78, 5) is 9.13. The molecule has 144 valence electrons. The van der Waals surface area contributed by atoms with Gasteiger partial charge in [0.25, 0.3) is 0 Å². The minimum Gasteiger partial charge on any atom is -0.390 e. The van der Waals surface area contributed by atoms with Crippen molar-refractivity contribution in [3.05, 3.63) is 54.0 Å². The summed E-state index contributed by atoms with van der Waals surface area (Å²) in [7, 11) is 0. The average Bonchev–Trinajstić information content (AvgIpc) is 2.71. The molecule has 0 saturated heterocycles. The first-order chi connectivity index (χ1) is 13.6. The van der Waals surface area contributed by atoms with Crippen molar-refractivity contribution in [2.45, 2.75) is 33.1 Å². The van der Waals surface area contributed by atoms with E-state index in [1.54, 1.807) is 12.4 Å². The zero-order valence-electron chi connectivity index (χ0n) is 16.4. The van der Waals surface area contributed by atoms with Crippen molar-refractivity contribution in [2.24, 2.45) is 0 Å². The summed E-state index contributed by atoms with van der Waals surface area (Å²) < 4.78 is 0. The third-order valence-corrected chi connectivity index (χ3v) is 4.28. The number of nitrogens with zero attached hydrogens (tertiary/aromatic N) is 4. The number of fused-ring (bicyclic) bond motifs is 1. The molecular formula is C21H25N7. The number of allylic oxidation sites excluding steroid dienone is 1. The lowest BCUT2D eigenvalue weighted by atomic mass is 10.1. The molecule has 0 fully saturated rings. The fourth-order valence-electron chi connectivity index (χ4n) is 2.66. The summed E-state index contributed by atoms with van der Waals surface area (Å²) >= 11 is 0. The van der Waals surface area contributed by atoms with Gasteiger partial charge in [0.05, 0.1) is 17.2 Å². The number of nitrogens with one attached hydrogen (secondary N) is 3. The third kappa shape index (κ3) is 4.68. The van der Waals surface area contributed by atoms with E-state index in [4.69, 9.17) is 5.41 Å². The Morgan fingerprint density at radius 1 is 1.14 bits per heavy atom. The predicted octanol–water partition coefficient (Wildman–Crippen LogP) is 4.28. The van der Waals surface area contributed by atoms with Crippen molar-refractivity contribution in [2.75, 3.05) is 11.9 Å². The van der Waals surface area contributed by atoms with Crippen molar-refractivity contribution in [3.8, 4) is 0 Å². The fraction of sp³-hybridized carbons (Fsp3) is 0.286. The minimum atomic E-state index is 0.375. The molecule has 28 heavy (non-hydrogen) atoms. The molecule has 3 rings (SSSR count). The molecule has 7 nitrogen and oxygen atoms in total. The standard InChI is InChI=1S/C21H25N7/c1-4-7-23-11-17(10-22)16-8-19-18(24-12-16)5-6-20(26-19)27-21-9-15(14(2)3)13-25-28-21/h5-6,8-14,22-23H,4,7H2,1-3H3,(H,26,27,28)/b17-11+,22-10?. The van der Waals surface area contributed by atoms with E-state index in [2.05, 4.69) is 51.6 Å². The van der Waals surface area contributed by atoms with Gasteiger partial charge < -0.3 is 16.0 Å². The maximum absolute atomic E-state index is 7.68. The molecule has 0 amide bonds. The zero-order valence-corrected chi connectivity index (χ0v) is 16.4. The summed E-state index contributed by atoms with van der Waals surface area (Å²) in [5.74, 6) is 1.71. The van der Waals surface area contributed by atoms with E-state index < -0.39 is 0 Å². The van der Waals surface area contributed by atoms with E-state index in [0.717, 1.165) is 40.7 Å². The molecule has 0 bridgehead atoms.